The van der Waals surface area contributed by atoms with E-state index >= 15 is 0 Å². The van der Waals surface area contributed by atoms with Gasteiger partial charge in [0.05, 0.1) is 19.9 Å². The van der Waals surface area contributed by atoms with Gasteiger partial charge in [-0.15, -0.1) is 11.3 Å². The van der Waals surface area contributed by atoms with Crippen LogP contribution in [-0.2, 0) is 0 Å². The van der Waals surface area contributed by atoms with Crippen molar-refractivity contribution in [2.75, 3.05) is 24.9 Å². The highest BCUT2D eigenvalue weighted by molar-refractivity contribution is 7.80. The standard InChI is InChI=1S/C20H18N6O2S3/c1-27-14-7-3-12(4-8-14)21-18(29)23-19-22-16(11-31-19)17-24-25-20(30)26(17)13-5-9-15(28-2)10-6-13/h3-11H,1-2H3,(H,25,30)(H2,21,22,23,29). The van der Waals surface area contributed by atoms with E-state index in [1.807, 2.05) is 58.5 Å². The van der Waals surface area contributed by atoms with Crippen molar-refractivity contribution in [3.63, 3.8) is 0 Å². The van der Waals surface area contributed by atoms with Crippen molar-refractivity contribution in [3.8, 4) is 28.7 Å². The van der Waals surface area contributed by atoms with E-state index in [9.17, 15) is 0 Å². The van der Waals surface area contributed by atoms with Crippen molar-refractivity contribution >= 4 is 51.7 Å². The van der Waals surface area contributed by atoms with E-state index in [0.717, 1.165) is 22.9 Å². The Labute approximate surface area is 192 Å². The van der Waals surface area contributed by atoms with E-state index in [1.54, 1.807) is 14.2 Å². The molecule has 0 saturated heterocycles. The number of methoxy groups -OCH3 is 2. The predicted molar refractivity (Wildman–Crippen MR) is 129 cm³/mol. The van der Waals surface area contributed by atoms with Crippen LogP contribution < -0.4 is 20.1 Å². The van der Waals surface area contributed by atoms with Crippen LogP contribution in [0.3, 0.4) is 0 Å². The molecule has 0 aliphatic carbocycles. The Balaban J connectivity index is 1.51. The predicted octanol–water partition coefficient (Wildman–Crippen LogP) is 4.88. The van der Waals surface area contributed by atoms with E-state index in [2.05, 4.69) is 25.8 Å². The van der Waals surface area contributed by atoms with Gasteiger partial charge in [-0.05, 0) is 73.0 Å². The van der Waals surface area contributed by atoms with Crippen molar-refractivity contribution in [1.29, 1.82) is 0 Å². The summed E-state index contributed by atoms with van der Waals surface area (Å²) in [6, 6.07) is 15.0. The fraction of sp³-hybridized carbons (Fsp3) is 0.100. The van der Waals surface area contributed by atoms with Gasteiger partial charge in [0.2, 0.25) is 0 Å². The van der Waals surface area contributed by atoms with Crippen LogP contribution in [0.1, 0.15) is 0 Å². The second kappa shape index (κ2) is 9.25. The SMILES string of the molecule is COc1ccc(NC(=S)Nc2nc(-c3n[nH]c(=S)n3-c3ccc(OC)cc3)cs2)cc1. The molecule has 4 aromatic rings. The molecule has 0 radical (unpaired) electrons. The van der Waals surface area contributed by atoms with Gasteiger partial charge in [-0.2, -0.15) is 5.10 Å². The number of thiocarbonyl (C=S) groups is 1. The van der Waals surface area contributed by atoms with Crippen LogP contribution in [0.15, 0.2) is 53.9 Å². The molecular weight excluding hydrogens is 452 g/mol. The van der Waals surface area contributed by atoms with Gasteiger partial charge in [-0.25, -0.2) is 4.98 Å². The summed E-state index contributed by atoms with van der Waals surface area (Å²) < 4.78 is 12.7. The molecule has 0 fully saturated rings. The first kappa shape index (κ1) is 21.0. The monoisotopic (exact) mass is 470 g/mol. The Bertz CT molecular complexity index is 1250. The molecule has 0 spiro atoms. The number of hydrogen-bond acceptors (Lipinski definition) is 7. The molecule has 11 heteroatoms. The Morgan fingerprint density at radius 1 is 1.00 bits per heavy atom. The minimum Gasteiger partial charge on any atom is -0.497 e. The lowest BCUT2D eigenvalue weighted by molar-refractivity contribution is 0.414. The topological polar surface area (TPSA) is 89.0 Å². The van der Waals surface area contributed by atoms with Gasteiger partial charge in [0.25, 0.3) is 0 Å². The number of hydrogen-bond donors (Lipinski definition) is 3. The summed E-state index contributed by atoms with van der Waals surface area (Å²) in [5.74, 6) is 2.14. The molecule has 8 nitrogen and oxygen atoms in total. The third kappa shape index (κ3) is 4.74. The van der Waals surface area contributed by atoms with E-state index in [0.29, 0.717) is 26.5 Å². The van der Waals surface area contributed by atoms with Crippen molar-refractivity contribution in [2.45, 2.75) is 0 Å². The molecule has 3 N–H and O–H groups in total. The molecule has 0 aliphatic heterocycles. The molecule has 0 atom stereocenters. The zero-order valence-electron chi connectivity index (χ0n) is 16.6. The highest BCUT2D eigenvalue weighted by atomic mass is 32.1. The van der Waals surface area contributed by atoms with Crippen molar-refractivity contribution in [3.05, 3.63) is 58.7 Å². The molecule has 2 aromatic heterocycles. The zero-order valence-corrected chi connectivity index (χ0v) is 19.0. The second-order valence-corrected chi connectivity index (χ2v) is 7.88. The van der Waals surface area contributed by atoms with Crippen LogP contribution in [0.4, 0.5) is 10.8 Å². The number of benzene rings is 2. The summed E-state index contributed by atoms with van der Waals surface area (Å²) in [6.45, 7) is 0. The summed E-state index contributed by atoms with van der Waals surface area (Å²) in [6.07, 6.45) is 0. The molecule has 2 aromatic carbocycles. The average Bonchev–Trinajstić information content (AvgIpc) is 3.40. The van der Waals surface area contributed by atoms with E-state index < -0.39 is 0 Å². The van der Waals surface area contributed by atoms with Crippen LogP contribution in [0.25, 0.3) is 17.2 Å². The molecule has 158 valence electrons. The summed E-state index contributed by atoms with van der Waals surface area (Å²) in [7, 11) is 3.25. The lowest BCUT2D eigenvalue weighted by atomic mass is 10.3. The fourth-order valence-corrected chi connectivity index (χ4v) is 4.02. The molecule has 4 rings (SSSR count). The first-order valence-electron chi connectivity index (χ1n) is 9.07. The zero-order chi connectivity index (χ0) is 21.8. The van der Waals surface area contributed by atoms with E-state index in [4.69, 9.17) is 33.9 Å². The van der Waals surface area contributed by atoms with Crippen LogP contribution in [0.5, 0.6) is 11.5 Å². The number of H-pyrrole nitrogens is 1. The molecule has 0 aliphatic rings. The van der Waals surface area contributed by atoms with Crippen molar-refractivity contribution in [2.24, 2.45) is 0 Å². The summed E-state index contributed by atoms with van der Waals surface area (Å²) in [5, 5.41) is 16.4. The summed E-state index contributed by atoms with van der Waals surface area (Å²) >= 11 is 12.2. The molecule has 0 saturated carbocycles. The van der Waals surface area contributed by atoms with Crippen LogP contribution in [-0.4, -0.2) is 39.1 Å². The quantitative estimate of drug-likeness (QED) is 0.344. The fourth-order valence-electron chi connectivity index (χ4n) is 2.81. The third-order valence-corrected chi connectivity index (χ3v) is 5.54. The number of aromatic nitrogens is 4. The first-order chi connectivity index (χ1) is 15.1. The lowest BCUT2D eigenvalue weighted by Crippen LogP contribution is -2.18. The maximum Gasteiger partial charge on any atom is 0.200 e. The number of rotatable bonds is 6. The van der Waals surface area contributed by atoms with Crippen LogP contribution in [0.2, 0.25) is 0 Å². The number of nitrogens with one attached hydrogen (secondary N) is 3. The Morgan fingerprint density at radius 3 is 2.29 bits per heavy atom. The van der Waals surface area contributed by atoms with Crippen LogP contribution in [0, 0.1) is 4.77 Å². The largest absolute Gasteiger partial charge is 0.497 e. The smallest absolute Gasteiger partial charge is 0.200 e. The number of thiazole rings is 1. The average molecular weight is 471 g/mol. The Hall–Kier alpha value is -3.28. The maximum atomic E-state index is 5.42. The minimum atomic E-state index is 0.431. The summed E-state index contributed by atoms with van der Waals surface area (Å²) in [5.41, 5.74) is 2.37. The Kier molecular flexibility index (Phi) is 6.26. The third-order valence-electron chi connectivity index (χ3n) is 4.30. The highest BCUT2D eigenvalue weighted by Gasteiger charge is 2.15. The number of anilines is 2. The second-order valence-electron chi connectivity index (χ2n) is 6.23. The van der Waals surface area contributed by atoms with Gasteiger partial charge >= 0.3 is 0 Å². The van der Waals surface area contributed by atoms with Gasteiger partial charge in [0.1, 0.15) is 17.2 Å². The van der Waals surface area contributed by atoms with E-state index in [-0.39, 0.29) is 0 Å². The van der Waals surface area contributed by atoms with E-state index in [1.165, 1.54) is 11.3 Å². The number of nitrogens with zero attached hydrogens (tertiary/aromatic N) is 3. The molecule has 0 bridgehead atoms. The van der Waals surface area contributed by atoms with Gasteiger partial charge in [-0.1, -0.05) is 0 Å². The minimum absolute atomic E-state index is 0.431. The normalized spacial score (nSPS) is 10.5. The number of ether oxygens (including phenoxy) is 2. The molecule has 31 heavy (non-hydrogen) atoms. The Morgan fingerprint density at radius 2 is 1.65 bits per heavy atom. The molecular formula is C20H18N6O2S3. The first-order valence-corrected chi connectivity index (χ1v) is 10.8. The van der Waals surface area contributed by atoms with Crippen molar-refractivity contribution in [1.82, 2.24) is 19.7 Å². The maximum absolute atomic E-state index is 5.42. The molecule has 0 amide bonds. The van der Waals surface area contributed by atoms with Gasteiger partial charge in [-0.3, -0.25) is 9.67 Å². The molecule has 0 unspecified atom stereocenters. The van der Waals surface area contributed by atoms with Crippen molar-refractivity contribution < 1.29 is 9.47 Å². The van der Waals surface area contributed by atoms with Gasteiger partial charge in [0, 0.05) is 11.1 Å². The highest BCUT2D eigenvalue weighted by Crippen LogP contribution is 2.27. The molecule has 2 heterocycles. The van der Waals surface area contributed by atoms with Gasteiger partial charge in [0.15, 0.2) is 20.8 Å². The number of aromatic amines is 1. The summed E-state index contributed by atoms with van der Waals surface area (Å²) in [4.78, 5) is 4.61. The van der Waals surface area contributed by atoms with Gasteiger partial charge < -0.3 is 20.1 Å². The van der Waals surface area contributed by atoms with Crippen LogP contribution >= 0.6 is 35.8 Å². The lowest BCUT2D eigenvalue weighted by Gasteiger charge is -2.09.